The predicted molar refractivity (Wildman–Crippen MR) is 137 cm³/mol. The number of imide groups is 1. The lowest BCUT2D eigenvalue weighted by Gasteiger charge is -2.27. The first-order valence-electron chi connectivity index (χ1n) is 11.6. The maximum atomic E-state index is 14.0. The van der Waals surface area contributed by atoms with Gasteiger partial charge >= 0.3 is 18.2 Å². The molecule has 11 heteroatoms. The molecule has 0 radical (unpaired) electrons. The number of rotatable bonds is 4. The Morgan fingerprint density at radius 2 is 1.58 bits per heavy atom. The number of urea groups is 2. The Morgan fingerprint density at radius 1 is 0.842 bits per heavy atom. The number of para-hydroxylation sites is 1. The molecule has 4 aromatic rings. The lowest BCUT2D eigenvalue weighted by molar-refractivity contribution is -0.137. The van der Waals surface area contributed by atoms with Crippen molar-refractivity contribution in [1.29, 1.82) is 0 Å². The fraction of sp³-hybridized carbons (Fsp3) is 0.148. The van der Waals surface area contributed by atoms with Crippen LogP contribution in [0.25, 0.3) is 11.3 Å². The van der Waals surface area contributed by atoms with Crippen molar-refractivity contribution < 1.29 is 27.9 Å². The van der Waals surface area contributed by atoms with Crippen LogP contribution in [0.5, 0.6) is 5.75 Å². The van der Waals surface area contributed by atoms with Gasteiger partial charge in [-0.1, -0.05) is 18.2 Å². The summed E-state index contributed by atoms with van der Waals surface area (Å²) in [6, 6.07) is 15.4. The first-order valence-corrected chi connectivity index (χ1v) is 11.6. The minimum atomic E-state index is -4.67. The molecule has 0 fully saturated rings. The van der Waals surface area contributed by atoms with Gasteiger partial charge < -0.3 is 5.11 Å². The highest BCUT2D eigenvalue weighted by molar-refractivity contribution is 6.28. The monoisotopic (exact) mass is 521 g/mol. The Bertz CT molecular complexity index is 1530. The Balaban J connectivity index is 1.70. The summed E-state index contributed by atoms with van der Waals surface area (Å²) in [5.74, 6) is -0.206. The van der Waals surface area contributed by atoms with Crippen LogP contribution in [0.2, 0.25) is 0 Å². The minimum Gasteiger partial charge on any atom is -0.507 e. The molecule has 1 aromatic heterocycles. The predicted octanol–water partition coefficient (Wildman–Crippen LogP) is 6.54. The molecule has 0 atom stereocenters. The second-order valence-electron chi connectivity index (χ2n) is 8.56. The number of aryl methyl sites for hydroxylation is 1. The van der Waals surface area contributed by atoms with Crippen molar-refractivity contribution >= 4 is 34.8 Å². The van der Waals surface area contributed by atoms with Gasteiger partial charge in [-0.2, -0.15) is 18.3 Å². The van der Waals surface area contributed by atoms with Crippen LogP contribution < -0.4 is 14.7 Å². The molecular weight excluding hydrogens is 499 g/mol. The molecule has 0 spiro atoms. The molecule has 8 nitrogen and oxygen atoms in total. The smallest absolute Gasteiger partial charge is 0.416 e. The van der Waals surface area contributed by atoms with Gasteiger partial charge in [0.1, 0.15) is 5.75 Å². The number of phenols is 1. The SMILES string of the molecule is CCN1C(=O)N(c2ccc(-c3ccnn3C)c(O)c2)C(=O)N(c2ccccc2)c2cc(C(F)(F)F)ccc21. The van der Waals surface area contributed by atoms with Crippen molar-refractivity contribution in [2.24, 2.45) is 7.05 Å². The first kappa shape index (κ1) is 24.9. The van der Waals surface area contributed by atoms with Crippen molar-refractivity contribution in [2.75, 3.05) is 21.2 Å². The van der Waals surface area contributed by atoms with E-state index >= 15 is 0 Å². The van der Waals surface area contributed by atoms with Crippen LogP contribution in [0, 0.1) is 0 Å². The van der Waals surface area contributed by atoms with Crippen LogP contribution in [0.15, 0.2) is 79.0 Å². The van der Waals surface area contributed by atoms with Crippen molar-refractivity contribution in [1.82, 2.24) is 9.78 Å². The molecule has 0 saturated heterocycles. The summed E-state index contributed by atoms with van der Waals surface area (Å²) in [5.41, 5.74) is 0.436. The molecule has 38 heavy (non-hydrogen) atoms. The molecule has 1 aliphatic heterocycles. The van der Waals surface area contributed by atoms with E-state index in [9.17, 15) is 27.9 Å². The molecule has 5 rings (SSSR count). The number of hydrogen-bond acceptors (Lipinski definition) is 4. The summed E-state index contributed by atoms with van der Waals surface area (Å²) in [7, 11) is 1.70. The number of fused-ring (bicyclic) bond motifs is 1. The van der Waals surface area contributed by atoms with E-state index in [1.54, 1.807) is 67.3 Å². The zero-order valence-electron chi connectivity index (χ0n) is 20.3. The number of nitrogens with zero attached hydrogens (tertiary/aromatic N) is 5. The molecule has 1 N–H and O–H groups in total. The number of aromatic nitrogens is 2. The molecule has 0 aliphatic carbocycles. The number of anilines is 4. The fourth-order valence-corrected chi connectivity index (χ4v) is 4.48. The fourth-order valence-electron chi connectivity index (χ4n) is 4.48. The number of carbonyl (C=O) groups excluding carboxylic acids is 2. The van der Waals surface area contributed by atoms with E-state index in [1.165, 1.54) is 23.1 Å². The van der Waals surface area contributed by atoms with E-state index in [4.69, 9.17) is 0 Å². The highest BCUT2D eigenvalue weighted by Crippen LogP contribution is 2.44. The summed E-state index contributed by atoms with van der Waals surface area (Å²) in [6.45, 7) is 1.73. The summed E-state index contributed by atoms with van der Waals surface area (Å²) in [6.07, 6.45) is -3.10. The molecule has 4 amide bonds. The van der Waals surface area contributed by atoms with E-state index in [2.05, 4.69) is 5.10 Å². The number of halogens is 3. The average Bonchev–Trinajstić information content (AvgIpc) is 3.27. The third-order valence-corrected chi connectivity index (χ3v) is 6.31. The summed E-state index contributed by atoms with van der Waals surface area (Å²) in [4.78, 5) is 31.0. The number of phenolic OH excluding ortho intramolecular Hbond substituents is 1. The van der Waals surface area contributed by atoms with Crippen LogP contribution in [0.4, 0.5) is 45.5 Å². The van der Waals surface area contributed by atoms with Gasteiger partial charge in [-0.3, -0.25) is 14.5 Å². The van der Waals surface area contributed by atoms with E-state index < -0.39 is 23.8 Å². The highest BCUT2D eigenvalue weighted by Gasteiger charge is 2.41. The van der Waals surface area contributed by atoms with Gasteiger partial charge in [-0.15, -0.1) is 0 Å². The van der Waals surface area contributed by atoms with Crippen molar-refractivity contribution in [2.45, 2.75) is 13.1 Å². The number of aromatic hydroxyl groups is 1. The van der Waals surface area contributed by atoms with Crippen LogP contribution in [0.3, 0.4) is 0 Å². The maximum Gasteiger partial charge on any atom is 0.416 e. The second-order valence-corrected chi connectivity index (χ2v) is 8.56. The van der Waals surface area contributed by atoms with Crippen molar-refractivity contribution in [3.05, 3.63) is 84.6 Å². The molecule has 194 valence electrons. The summed E-state index contributed by atoms with van der Waals surface area (Å²) >= 11 is 0. The lowest BCUT2D eigenvalue weighted by Crippen LogP contribution is -2.48. The van der Waals surface area contributed by atoms with Gasteiger partial charge in [-0.25, -0.2) is 14.5 Å². The van der Waals surface area contributed by atoms with E-state index in [-0.39, 0.29) is 35.0 Å². The summed E-state index contributed by atoms with van der Waals surface area (Å²) in [5, 5.41) is 14.9. The standard InChI is InChI=1S/C27H22F3N5O3/c1-3-33-22-12-9-17(27(28,29)30)15-23(22)34(18-7-5-4-6-8-18)26(38)35(25(33)37)19-10-11-20(24(36)16-19)21-13-14-31-32(21)2/h4-16,36H,3H2,1-2H3. The van der Waals surface area contributed by atoms with Crippen LogP contribution in [-0.4, -0.2) is 33.5 Å². The highest BCUT2D eigenvalue weighted by atomic mass is 19.4. The molecule has 0 bridgehead atoms. The van der Waals surface area contributed by atoms with Crippen molar-refractivity contribution in [3.63, 3.8) is 0 Å². The first-order chi connectivity index (χ1) is 18.1. The normalized spacial score (nSPS) is 14.1. The average molecular weight is 521 g/mol. The quantitative estimate of drug-likeness (QED) is 0.331. The molecule has 1 aliphatic rings. The molecular formula is C27H22F3N5O3. The number of alkyl halides is 3. The van der Waals surface area contributed by atoms with Crippen LogP contribution in [-0.2, 0) is 13.2 Å². The largest absolute Gasteiger partial charge is 0.507 e. The number of benzene rings is 3. The zero-order valence-corrected chi connectivity index (χ0v) is 20.3. The van der Waals surface area contributed by atoms with E-state index in [1.807, 2.05) is 0 Å². The Hall–Kier alpha value is -4.80. The van der Waals surface area contributed by atoms with Crippen LogP contribution >= 0.6 is 0 Å². The van der Waals surface area contributed by atoms with Gasteiger partial charge in [0.25, 0.3) is 0 Å². The topological polar surface area (TPSA) is 81.9 Å². The molecule has 2 heterocycles. The Morgan fingerprint density at radius 3 is 2.18 bits per heavy atom. The lowest BCUT2D eigenvalue weighted by atomic mass is 10.1. The van der Waals surface area contributed by atoms with Gasteiger partial charge in [0.15, 0.2) is 0 Å². The van der Waals surface area contributed by atoms with Gasteiger partial charge in [0.2, 0.25) is 0 Å². The van der Waals surface area contributed by atoms with Gasteiger partial charge in [-0.05, 0) is 55.5 Å². The summed E-state index contributed by atoms with van der Waals surface area (Å²) < 4.78 is 42.6. The van der Waals surface area contributed by atoms with Crippen LogP contribution in [0.1, 0.15) is 12.5 Å². The van der Waals surface area contributed by atoms with E-state index in [0.29, 0.717) is 11.3 Å². The maximum absolute atomic E-state index is 14.0. The second kappa shape index (κ2) is 9.25. The third kappa shape index (κ3) is 4.11. The van der Waals surface area contributed by atoms with Gasteiger partial charge in [0, 0.05) is 31.4 Å². The number of carbonyl (C=O) groups is 2. The molecule has 3 aromatic carbocycles. The Labute approximate surface area is 215 Å². The minimum absolute atomic E-state index is 0.0478. The van der Waals surface area contributed by atoms with Gasteiger partial charge in [0.05, 0.1) is 34.0 Å². The third-order valence-electron chi connectivity index (χ3n) is 6.31. The molecule has 0 saturated carbocycles. The van der Waals surface area contributed by atoms with Crippen molar-refractivity contribution in [3.8, 4) is 17.0 Å². The Kier molecular flexibility index (Phi) is 6.06. The number of hydrogen-bond donors (Lipinski definition) is 1. The molecule has 0 unspecified atom stereocenters. The van der Waals surface area contributed by atoms with E-state index in [0.717, 1.165) is 21.9 Å². The zero-order chi connectivity index (χ0) is 27.2. The number of amides is 4.